The molecule has 1 unspecified atom stereocenters. The molecule has 1 atom stereocenters. The summed E-state index contributed by atoms with van der Waals surface area (Å²) in [5.74, 6) is -0.621. The van der Waals surface area contributed by atoms with Crippen molar-refractivity contribution in [1.82, 2.24) is 10.2 Å². The second-order valence-electron chi connectivity index (χ2n) is 5.43. The van der Waals surface area contributed by atoms with E-state index in [-0.39, 0.29) is 5.92 Å². The van der Waals surface area contributed by atoms with Gasteiger partial charge in [0.1, 0.15) is 6.04 Å². The van der Waals surface area contributed by atoms with Crippen molar-refractivity contribution in [3.8, 4) is 0 Å². The standard InChI is InChI=1S/C15H21N3O3/c16-14(19)13(17-15(20)21)12-6-8-18(9-7-12)10-11-4-2-1-3-5-11/h1-5,12-13,17H,6-10H2,(H2,16,19)(H,20,21). The predicted molar refractivity (Wildman–Crippen MR) is 78.6 cm³/mol. The summed E-state index contributed by atoms with van der Waals surface area (Å²) in [4.78, 5) is 24.4. The lowest BCUT2D eigenvalue weighted by Gasteiger charge is -2.34. The third kappa shape index (κ3) is 4.46. The monoisotopic (exact) mass is 291 g/mol. The van der Waals surface area contributed by atoms with Crippen molar-refractivity contribution in [3.05, 3.63) is 35.9 Å². The van der Waals surface area contributed by atoms with E-state index < -0.39 is 18.0 Å². The summed E-state index contributed by atoms with van der Waals surface area (Å²) >= 11 is 0. The fourth-order valence-electron chi connectivity index (χ4n) is 2.84. The fourth-order valence-corrected chi connectivity index (χ4v) is 2.84. The number of nitrogens with one attached hydrogen (secondary N) is 1. The first-order valence-corrected chi connectivity index (χ1v) is 7.11. The highest BCUT2D eigenvalue weighted by Crippen LogP contribution is 2.22. The van der Waals surface area contributed by atoms with Crippen molar-refractivity contribution < 1.29 is 14.7 Å². The minimum atomic E-state index is -1.20. The van der Waals surface area contributed by atoms with Crippen molar-refractivity contribution >= 4 is 12.0 Å². The first-order valence-electron chi connectivity index (χ1n) is 7.11. The number of primary amides is 1. The maximum absolute atomic E-state index is 11.4. The summed E-state index contributed by atoms with van der Waals surface area (Å²) in [6.45, 7) is 2.55. The number of benzene rings is 1. The van der Waals surface area contributed by atoms with Gasteiger partial charge in [0, 0.05) is 6.54 Å². The number of carbonyl (C=O) groups excluding carboxylic acids is 1. The Morgan fingerprint density at radius 1 is 1.29 bits per heavy atom. The summed E-state index contributed by atoms with van der Waals surface area (Å²) < 4.78 is 0. The number of hydrogen-bond acceptors (Lipinski definition) is 3. The molecular weight excluding hydrogens is 270 g/mol. The Bertz CT molecular complexity index is 484. The zero-order valence-corrected chi connectivity index (χ0v) is 11.9. The molecule has 1 aliphatic heterocycles. The van der Waals surface area contributed by atoms with E-state index >= 15 is 0 Å². The quantitative estimate of drug-likeness (QED) is 0.754. The van der Waals surface area contributed by atoms with Gasteiger partial charge in [-0.3, -0.25) is 9.69 Å². The van der Waals surface area contributed by atoms with Gasteiger partial charge in [0.05, 0.1) is 0 Å². The molecule has 0 spiro atoms. The molecule has 2 rings (SSSR count). The highest BCUT2D eigenvalue weighted by atomic mass is 16.4. The average molecular weight is 291 g/mol. The number of carbonyl (C=O) groups is 2. The van der Waals surface area contributed by atoms with E-state index in [1.54, 1.807) is 0 Å². The lowest BCUT2D eigenvalue weighted by atomic mass is 9.89. The maximum atomic E-state index is 11.4. The Morgan fingerprint density at radius 2 is 1.90 bits per heavy atom. The Hall–Kier alpha value is -2.08. The van der Waals surface area contributed by atoms with Crippen LogP contribution in [0, 0.1) is 5.92 Å². The van der Waals surface area contributed by atoms with E-state index in [0.717, 1.165) is 32.5 Å². The van der Waals surface area contributed by atoms with Gasteiger partial charge in [-0.25, -0.2) is 4.79 Å². The maximum Gasteiger partial charge on any atom is 0.405 e. The molecule has 1 saturated heterocycles. The Morgan fingerprint density at radius 3 is 2.43 bits per heavy atom. The van der Waals surface area contributed by atoms with Crippen molar-refractivity contribution in [2.45, 2.75) is 25.4 Å². The van der Waals surface area contributed by atoms with Crippen LogP contribution in [0.2, 0.25) is 0 Å². The van der Waals surface area contributed by atoms with Crippen LogP contribution in [0.1, 0.15) is 18.4 Å². The molecule has 1 fully saturated rings. The summed E-state index contributed by atoms with van der Waals surface area (Å²) in [5, 5.41) is 11.0. The van der Waals surface area contributed by atoms with Gasteiger partial charge in [0.2, 0.25) is 5.91 Å². The largest absolute Gasteiger partial charge is 0.465 e. The molecule has 2 amide bonds. The molecule has 1 aromatic carbocycles. The van der Waals surface area contributed by atoms with E-state index in [9.17, 15) is 9.59 Å². The van der Waals surface area contributed by atoms with Gasteiger partial charge in [-0.15, -0.1) is 0 Å². The Kier molecular flexibility index (Phi) is 5.16. The molecule has 4 N–H and O–H groups in total. The van der Waals surface area contributed by atoms with Gasteiger partial charge in [0.25, 0.3) is 0 Å². The summed E-state index contributed by atoms with van der Waals surface area (Å²) in [5.41, 5.74) is 6.55. The van der Waals surface area contributed by atoms with Gasteiger partial charge in [-0.2, -0.15) is 0 Å². The number of nitrogens with two attached hydrogens (primary N) is 1. The zero-order chi connectivity index (χ0) is 15.2. The summed E-state index contributed by atoms with van der Waals surface area (Å²) in [6, 6.07) is 9.41. The molecule has 0 aromatic heterocycles. The molecule has 114 valence electrons. The topological polar surface area (TPSA) is 95.7 Å². The third-order valence-corrected chi connectivity index (χ3v) is 3.94. The zero-order valence-electron chi connectivity index (χ0n) is 11.9. The van der Waals surface area contributed by atoms with E-state index in [4.69, 9.17) is 10.8 Å². The van der Waals surface area contributed by atoms with E-state index in [1.165, 1.54) is 5.56 Å². The van der Waals surface area contributed by atoms with E-state index in [1.807, 2.05) is 18.2 Å². The number of rotatable bonds is 5. The van der Waals surface area contributed by atoms with Crippen LogP contribution in [-0.2, 0) is 11.3 Å². The lowest BCUT2D eigenvalue weighted by molar-refractivity contribution is -0.121. The smallest absolute Gasteiger partial charge is 0.405 e. The number of likely N-dealkylation sites (tertiary alicyclic amines) is 1. The normalized spacial score (nSPS) is 18.1. The number of amides is 2. The number of nitrogens with zero attached hydrogens (tertiary/aromatic N) is 1. The van der Waals surface area contributed by atoms with Gasteiger partial charge in [0.15, 0.2) is 0 Å². The van der Waals surface area contributed by atoms with Crippen LogP contribution in [0.3, 0.4) is 0 Å². The van der Waals surface area contributed by atoms with Crippen LogP contribution in [0.15, 0.2) is 30.3 Å². The molecule has 1 heterocycles. The van der Waals surface area contributed by atoms with Crippen molar-refractivity contribution in [1.29, 1.82) is 0 Å². The van der Waals surface area contributed by atoms with Crippen LogP contribution >= 0.6 is 0 Å². The predicted octanol–water partition coefficient (Wildman–Crippen LogP) is 1.02. The van der Waals surface area contributed by atoms with Gasteiger partial charge in [-0.1, -0.05) is 30.3 Å². The van der Waals surface area contributed by atoms with Gasteiger partial charge in [-0.05, 0) is 37.4 Å². The molecule has 1 aliphatic rings. The molecular formula is C15H21N3O3. The van der Waals surface area contributed by atoms with Crippen LogP contribution in [0.5, 0.6) is 0 Å². The van der Waals surface area contributed by atoms with Crippen molar-refractivity contribution in [2.75, 3.05) is 13.1 Å². The molecule has 0 radical (unpaired) electrons. The van der Waals surface area contributed by atoms with Crippen molar-refractivity contribution in [3.63, 3.8) is 0 Å². The Labute approximate surface area is 123 Å². The van der Waals surface area contributed by atoms with Gasteiger partial charge >= 0.3 is 6.09 Å². The summed E-state index contributed by atoms with van der Waals surface area (Å²) in [7, 11) is 0. The second-order valence-corrected chi connectivity index (χ2v) is 5.43. The Balaban J connectivity index is 1.87. The first kappa shape index (κ1) is 15.3. The lowest BCUT2D eigenvalue weighted by Crippen LogP contribution is -2.51. The van der Waals surface area contributed by atoms with Crippen LogP contribution in [-0.4, -0.2) is 41.1 Å². The minimum absolute atomic E-state index is 0.0226. The van der Waals surface area contributed by atoms with Crippen LogP contribution in [0.4, 0.5) is 4.79 Å². The van der Waals surface area contributed by atoms with E-state index in [2.05, 4.69) is 22.3 Å². The van der Waals surface area contributed by atoms with Crippen LogP contribution < -0.4 is 11.1 Å². The molecule has 6 heteroatoms. The highest BCUT2D eigenvalue weighted by Gasteiger charge is 2.31. The van der Waals surface area contributed by atoms with Gasteiger partial charge < -0.3 is 16.2 Å². The summed E-state index contributed by atoms with van der Waals surface area (Å²) in [6.07, 6.45) is 0.326. The van der Waals surface area contributed by atoms with E-state index in [0.29, 0.717) is 0 Å². The van der Waals surface area contributed by atoms with Crippen LogP contribution in [0.25, 0.3) is 0 Å². The highest BCUT2D eigenvalue weighted by molar-refractivity contribution is 5.84. The van der Waals surface area contributed by atoms with Crippen molar-refractivity contribution in [2.24, 2.45) is 11.7 Å². The number of carboxylic acid groups (broad SMARTS) is 1. The molecule has 21 heavy (non-hydrogen) atoms. The second kappa shape index (κ2) is 7.08. The minimum Gasteiger partial charge on any atom is -0.465 e. The fraction of sp³-hybridized carbons (Fsp3) is 0.467. The molecule has 0 bridgehead atoms. The number of hydrogen-bond donors (Lipinski definition) is 3. The average Bonchev–Trinajstić information content (AvgIpc) is 2.46. The third-order valence-electron chi connectivity index (χ3n) is 3.94. The SMILES string of the molecule is NC(=O)C(NC(=O)O)C1CCN(Cc2ccccc2)CC1. The number of piperidine rings is 1. The first-order chi connectivity index (χ1) is 10.1. The molecule has 6 nitrogen and oxygen atoms in total. The molecule has 0 saturated carbocycles. The molecule has 1 aromatic rings. The molecule has 0 aliphatic carbocycles.